The van der Waals surface area contributed by atoms with Crippen LogP contribution >= 0.6 is 0 Å². The van der Waals surface area contributed by atoms with Crippen molar-refractivity contribution in [3.8, 4) is 5.75 Å². The lowest BCUT2D eigenvalue weighted by atomic mass is 9.97. The van der Waals surface area contributed by atoms with Crippen LogP contribution in [0.1, 0.15) is 42.3 Å². The van der Waals surface area contributed by atoms with E-state index in [0.717, 1.165) is 22.5 Å². The topological polar surface area (TPSA) is 43.4 Å². The first-order valence-corrected chi connectivity index (χ1v) is 7.41. The van der Waals surface area contributed by atoms with Crippen LogP contribution in [0.25, 0.3) is 5.57 Å². The molecule has 0 radical (unpaired) electrons. The highest BCUT2D eigenvalue weighted by molar-refractivity contribution is 6.09. The highest BCUT2D eigenvalue weighted by Gasteiger charge is 2.10. The molecule has 0 heterocycles. The molecule has 0 aliphatic rings. The van der Waals surface area contributed by atoms with Gasteiger partial charge in [-0.1, -0.05) is 24.3 Å². The van der Waals surface area contributed by atoms with E-state index in [-0.39, 0.29) is 11.6 Å². The molecule has 0 amide bonds. The molecule has 0 saturated carbocycles. The summed E-state index contributed by atoms with van der Waals surface area (Å²) in [5.41, 5.74) is 3.85. The van der Waals surface area contributed by atoms with Gasteiger partial charge in [-0.15, -0.1) is 0 Å². The summed E-state index contributed by atoms with van der Waals surface area (Å²) >= 11 is 0. The van der Waals surface area contributed by atoms with E-state index < -0.39 is 0 Å². The van der Waals surface area contributed by atoms with Crippen molar-refractivity contribution in [1.29, 1.82) is 0 Å². The molecule has 0 unspecified atom stereocenters. The van der Waals surface area contributed by atoms with Crippen molar-refractivity contribution in [2.45, 2.75) is 20.8 Å². The van der Waals surface area contributed by atoms with Gasteiger partial charge in [-0.2, -0.15) is 0 Å². The number of carbonyl (C=O) groups is 2. The average molecular weight is 308 g/mol. The molecular weight excluding hydrogens is 288 g/mol. The lowest BCUT2D eigenvalue weighted by Gasteiger charge is -2.07. The maximum atomic E-state index is 12.5. The Morgan fingerprint density at radius 2 is 1.17 bits per heavy atom. The first-order valence-electron chi connectivity index (χ1n) is 7.41. The third-order valence-corrected chi connectivity index (χ3v) is 4.02. The highest BCUT2D eigenvalue weighted by Crippen LogP contribution is 2.21. The van der Waals surface area contributed by atoms with Crippen LogP contribution in [0.3, 0.4) is 0 Å². The van der Waals surface area contributed by atoms with Crippen LogP contribution in [0.15, 0.2) is 54.1 Å². The number of hydrogen-bond donors (Lipinski definition) is 0. The minimum Gasteiger partial charge on any atom is -0.497 e. The summed E-state index contributed by atoms with van der Waals surface area (Å²) in [6, 6.07) is 14.4. The van der Waals surface area contributed by atoms with Gasteiger partial charge in [-0.3, -0.25) is 9.59 Å². The van der Waals surface area contributed by atoms with E-state index in [0.29, 0.717) is 11.1 Å². The Bertz CT molecular complexity index is 750. The fourth-order valence-corrected chi connectivity index (χ4v) is 2.26. The van der Waals surface area contributed by atoms with Crippen LogP contribution in [0.5, 0.6) is 5.75 Å². The number of methoxy groups -OCH3 is 1. The number of rotatable bonds is 5. The Morgan fingerprint density at radius 3 is 1.61 bits per heavy atom. The summed E-state index contributed by atoms with van der Waals surface area (Å²) < 4.78 is 5.09. The summed E-state index contributed by atoms with van der Waals surface area (Å²) in [5, 5.41) is 0. The van der Waals surface area contributed by atoms with Crippen molar-refractivity contribution < 1.29 is 14.3 Å². The van der Waals surface area contributed by atoms with Gasteiger partial charge in [0.15, 0.2) is 11.6 Å². The van der Waals surface area contributed by atoms with Crippen molar-refractivity contribution in [2.75, 3.05) is 7.11 Å². The number of allylic oxidation sites excluding steroid dienone is 2. The normalized spacial score (nSPS) is 11.7. The second-order valence-corrected chi connectivity index (χ2v) is 5.44. The number of carbonyl (C=O) groups excluding carboxylic acids is 2. The third kappa shape index (κ3) is 3.75. The van der Waals surface area contributed by atoms with E-state index >= 15 is 0 Å². The molecule has 0 saturated heterocycles. The van der Waals surface area contributed by atoms with Gasteiger partial charge in [0.25, 0.3) is 0 Å². The number of Topliss-reactive ketones (excluding diaryl/α,β-unsaturated/α-hetero) is 1. The molecule has 118 valence electrons. The van der Waals surface area contributed by atoms with Crippen molar-refractivity contribution >= 4 is 17.1 Å². The molecule has 0 N–H and O–H groups in total. The van der Waals surface area contributed by atoms with Gasteiger partial charge in [-0.05, 0) is 61.7 Å². The zero-order chi connectivity index (χ0) is 17.0. The quantitative estimate of drug-likeness (QED) is 0.610. The molecule has 3 heteroatoms. The molecule has 23 heavy (non-hydrogen) atoms. The van der Waals surface area contributed by atoms with Gasteiger partial charge in [0.1, 0.15) is 5.75 Å². The van der Waals surface area contributed by atoms with Crippen molar-refractivity contribution in [3.05, 3.63) is 70.8 Å². The van der Waals surface area contributed by atoms with Crippen LogP contribution in [-0.4, -0.2) is 18.7 Å². The third-order valence-electron chi connectivity index (χ3n) is 4.02. The number of benzene rings is 2. The van der Waals surface area contributed by atoms with E-state index in [2.05, 4.69) is 0 Å². The van der Waals surface area contributed by atoms with Crippen molar-refractivity contribution in [3.63, 3.8) is 0 Å². The van der Waals surface area contributed by atoms with Crippen LogP contribution in [0.2, 0.25) is 0 Å². The Kier molecular flexibility index (Phi) is 5.12. The van der Waals surface area contributed by atoms with Crippen LogP contribution in [0.4, 0.5) is 0 Å². The molecule has 0 atom stereocenters. The maximum absolute atomic E-state index is 12.5. The zero-order valence-electron chi connectivity index (χ0n) is 13.8. The Hall–Kier alpha value is -2.68. The molecule has 0 aliphatic carbocycles. The summed E-state index contributed by atoms with van der Waals surface area (Å²) in [6.07, 6.45) is 0. The Labute approximate surface area is 136 Å². The predicted octanol–water partition coefficient (Wildman–Crippen LogP) is 4.31. The fourth-order valence-electron chi connectivity index (χ4n) is 2.26. The van der Waals surface area contributed by atoms with Gasteiger partial charge in [0, 0.05) is 11.1 Å². The van der Waals surface area contributed by atoms with E-state index in [1.807, 2.05) is 26.0 Å². The SMILES string of the molecule is COc1ccc(C(=O)c2ccc(/C(C)=C(\C)C(C)=O)cc2)cc1. The standard InChI is InChI=1S/C20H20O3/c1-13(15(3)21)14(2)16-5-7-17(8-6-16)20(22)18-9-11-19(23-4)12-10-18/h5-12H,1-4H3/b14-13+. The zero-order valence-corrected chi connectivity index (χ0v) is 13.8. The van der Waals surface area contributed by atoms with E-state index in [1.165, 1.54) is 0 Å². The van der Waals surface area contributed by atoms with Gasteiger partial charge >= 0.3 is 0 Å². The maximum Gasteiger partial charge on any atom is 0.193 e. The molecule has 3 nitrogen and oxygen atoms in total. The molecule has 0 spiro atoms. The van der Waals surface area contributed by atoms with Gasteiger partial charge in [0.05, 0.1) is 7.11 Å². The Balaban J connectivity index is 2.26. The lowest BCUT2D eigenvalue weighted by molar-refractivity contribution is -0.113. The van der Waals surface area contributed by atoms with Crippen molar-refractivity contribution in [1.82, 2.24) is 0 Å². The minimum atomic E-state index is -0.0378. The molecule has 0 aromatic heterocycles. The molecule has 2 aromatic rings. The molecule has 0 aliphatic heterocycles. The van der Waals surface area contributed by atoms with Gasteiger partial charge in [0.2, 0.25) is 0 Å². The van der Waals surface area contributed by atoms with Gasteiger partial charge in [-0.25, -0.2) is 0 Å². The second-order valence-electron chi connectivity index (χ2n) is 5.44. The predicted molar refractivity (Wildman–Crippen MR) is 91.8 cm³/mol. The summed E-state index contributed by atoms with van der Waals surface area (Å²) in [4.78, 5) is 23.9. The molecule has 0 bridgehead atoms. The molecular formula is C20H20O3. The smallest absolute Gasteiger partial charge is 0.193 e. The molecule has 0 fully saturated rings. The summed E-state index contributed by atoms with van der Waals surface area (Å²) in [7, 11) is 1.59. The first-order chi connectivity index (χ1) is 10.9. The second kappa shape index (κ2) is 7.05. The van der Waals surface area contributed by atoms with Crippen LogP contribution in [-0.2, 0) is 4.79 Å². The largest absolute Gasteiger partial charge is 0.497 e. The first kappa shape index (κ1) is 16.7. The number of ether oxygens (including phenoxy) is 1. The number of hydrogen-bond acceptors (Lipinski definition) is 3. The lowest BCUT2D eigenvalue weighted by Crippen LogP contribution is -2.01. The van der Waals surface area contributed by atoms with Gasteiger partial charge < -0.3 is 4.74 Å². The minimum absolute atomic E-state index is 0.0378. The monoisotopic (exact) mass is 308 g/mol. The van der Waals surface area contributed by atoms with E-state index in [4.69, 9.17) is 4.74 Å². The van der Waals surface area contributed by atoms with Crippen LogP contribution < -0.4 is 4.74 Å². The van der Waals surface area contributed by atoms with Crippen LogP contribution in [0, 0.1) is 0 Å². The molecule has 2 aromatic carbocycles. The van der Waals surface area contributed by atoms with Crippen molar-refractivity contribution in [2.24, 2.45) is 0 Å². The summed E-state index contributed by atoms with van der Waals surface area (Å²) in [5.74, 6) is 0.738. The highest BCUT2D eigenvalue weighted by atomic mass is 16.5. The number of ketones is 2. The summed E-state index contributed by atoms with van der Waals surface area (Å²) in [6.45, 7) is 5.28. The average Bonchev–Trinajstić information content (AvgIpc) is 2.60. The Morgan fingerprint density at radius 1 is 0.739 bits per heavy atom. The fraction of sp³-hybridized carbons (Fsp3) is 0.200. The van der Waals surface area contributed by atoms with E-state index in [1.54, 1.807) is 50.4 Å². The molecule has 2 rings (SSSR count). The van der Waals surface area contributed by atoms with E-state index in [9.17, 15) is 9.59 Å².